The van der Waals surface area contributed by atoms with Gasteiger partial charge in [0.1, 0.15) is 5.82 Å². The second-order valence-electron chi connectivity index (χ2n) is 8.77. The van der Waals surface area contributed by atoms with Crippen LogP contribution in [0, 0.1) is 5.92 Å². The summed E-state index contributed by atoms with van der Waals surface area (Å²) in [6.07, 6.45) is 7.89. The van der Waals surface area contributed by atoms with Gasteiger partial charge in [-0.2, -0.15) is 0 Å². The number of hydrogen-bond acceptors (Lipinski definition) is 2. The topological polar surface area (TPSA) is 31.9 Å². The third kappa shape index (κ3) is 2.67. The largest absolute Gasteiger partial charge is 0.341 e. The third-order valence-corrected chi connectivity index (χ3v) is 6.15. The molecule has 0 amide bonds. The first-order valence-corrected chi connectivity index (χ1v) is 9.74. The van der Waals surface area contributed by atoms with Crippen LogP contribution in [0.15, 0.2) is 18.2 Å². The summed E-state index contributed by atoms with van der Waals surface area (Å²) in [5.41, 5.74) is 3.88. The molecule has 2 aromatic rings. The first-order valence-electron chi connectivity index (χ1n) is 9.74. The van der Waals surface area contributed by atoms with Gasteiger partial charge in [-0.25, -0.2) is 4.98 Å². The number of nitrogens with zero attached hydrogens (tertiary/aromatic N) is 2. The quantitative estimate of drug-likeness (QED) is 0.820. The van der Waals surface area contributed by atoms with Gasteiger partial charge in [0.25, 0.3) is 0 Å². The lowest BCUT2D eigenvalue weighted by molar-refractivity contribution is 0.0513. The van der Waals surface area contributed by atoms with Gasteiger partial charge in [-0.05, 0) is 70.1 Å². The Morgan fingerprint density at radius 1 is 1.21 bits per heavy atom. The number of aromatic amines is 1. The molecule has 2 heterocycles. The molecule has 24 heavy (non-hydrogen) atoms. The summed E-state index contributed by atoms with van der Waals surface area (Å²) in [5, 5.41) is 0. The SMILES string of the molecule is CCc1ccc2[nH]c([C@@H]3C[C@@H]4CCCC[C@@H]4N3C(C)(C)C)nc2c1. The molecule has 2 fully saturated rings. The average molecular weight is 326 g/mol. The predicted molar refractivity (Wildman–Crippen MR) is 100 cm³/mol. The zero-order valence-electron chi connectivity index (χ0n) is 15.6. The minimum absolute atomic E-state index is 0.189. The third-order valence-electron chi connectivity index (χ3n) is 6.15. The zero-order chi connectivity index (χ0) is 16.9. The molecule has 1 N–H and O–H groups in total. The fourth-order valence-corrected chi connectivity index (χ4v) is 5.12. The summed E-state index contributed by atoms with van der Waals surface area (Å²) in [4.78, 5) is 11.4. The molecule has 1 aliphatic heterocycles. The van der Waals surface area contributed by atoms with Crippen molar-refractivity contribution in [3.05, 3.63) is 29.6 Å². The van der Waals surface area contributed by atoms with Gasteiger partial charge in [0.15, 0.2) is 0 Å². The highest BCUT2D eigenvalue weighted by molar-refractivity contribution is 5.76. The molecule has 3 atom stereocenters. The van der Waals surface area contributed by atoms with Gasteiger partial charge in [0.2, 0.25) is 0 Å². The summed E-state index contributed by atoms with van der Waals surface area (Å²) in [7, 11) is 0. The van der Waals surface area contributed by atoms with Crippen molar-refractivity contribution in [1.29, 1.82) is 0 Å². The lowest BCUT2D eigenvalue weighted by Gasteiger charge is -2.42. The van der Waals surface area contributed by atoms with E-state index >= 15 is 0 Å². The van der Waals surface area contributed by atoms with Gasteiger partial charge >= 0.3 is 0 Å². The van der Waals surface area contributed by atoms with Crippen LogP contribution >= 0.6 is 0 Å². The number of nitrogens with one attached hydrogen (secondary N) is 1. The van der Waals surface area contributed by atoms with Crippen molar-refractivity contribution in [1.82, 2.24) is 14.9 Å². The van der Waals surface area contributed by atoms with Gasteiger partial charge < -0.3 is 4.98 Å². The summed E-state index contributed by atoms with van der Waals surface area (Å²) in [6.45, 7) is 9.32. The number of aryl methyl sites for hydroxylation is 1. The summed E-state index contributed by atoms with van der Waals surface area (Å²) < 4.78 is 0. The highest BCUT2D eigenvalue weighted by Crippen LogP contribution is 2.49. The van der Waals surface area contributed by atoms with E-state index < -0.39 is 0 Å². The van der Waals surface area contributed by atoms with Crippen molar-refractivity contribution in [2.75, 3.05) is 0 Å². The standard InChI is InChI=1S/C21H31N3/c1-5-14-10-11-16-17(12-14)23-20(22-16)19-13-15-8-6-7-9-18(15)24(19)21(2,3)4/h10-12,15,18-19H,5-9,13H2,1-4H3,(H,22,23)/t15-,18-,19-/m0/s1. The highest BCUT2D eigenvalue weighted by atomic mass is 15.3. The predicted octanol–water partition coefficient (Wildman–Crippen LogP) is 5.23. The van der Waals surface area contributed by atoms with E-state index in [-0.39, 0.29) is 5.54 Å². The van der Waals surface area contributed by atoms with Gasteiger partial charge in [0, 0.05) is 11.6 Å². The maximum atomic E-state index is 5.03. The van der Waals surface area contributed by atoms with E-state index in [0.29, 0.717) is 6.04 Å². The molecule has 3 heteroatoms. The molecule has 3 nitrogen and oxygen atoms in total. The Labute approximate surface area is 145 Å². The van der Waals surface area contributed by atoms with Crippen LogP contribution in [0.5, 0.6) is 0 Å². The van der Waals surface area contributed by atoms with E-state index in [9.17, 15) is 0 Å². The summed E-state index contributed by atoms with van der Waals surface area (Å²) in [6, 6.07) is 7.85. The molecule has 1 aromatic heterocycles. The Morgan fingerprint density at radius 3 is 2.75 bits per heavy atom. The van der Waals surface area contributed by atoms with Gasteiger partial charge in [-0.1, -0.05) is 25.8 Å². The van der Waals surface area contributed by atoms with Gasteiger partial charge in [-0.3, -0.25) is 4.90 Å². The van der Waals surface area contributed by atoms with Crippen molar-refractivity contribution in [3.63, 3.8) is 0 Å². The normalized spacial score (nSPS) is 28.4. The number of H-pyrrole nitrogens is 1. The molecule has 130 valence electrons. The molecule has 1 saturated heterocycles. The molecular weight excluding hydrogens is 294 g/mol. The van der Waals surface area contributed by atoms with Crippen molar-refractivity contribution in [2.45, 2.75) is 83.8 Å². The first-order chi connectivity index (χ1) is 11.5. The van der Waals surface area contributed by atoms with Crippen LogP contribution in [-0.2, 0) is 6.42 Å². The van der Waals surface area contributed by atoms with Crippen LogP contribution < -0.4 is 0 Å². The van der Waals surface area contributed by atoms with Crippen molar-refractivity contribution in [2.24, 2.45) is 5.92 Å². The number of imidazole rings is 1. The summed E-state index contributed by atoms with van der Waals surface area (Å²) >= 11 is 0. The Hall–Kier alpha value is -1.35. The molecule has 0 radical (unpaired) electrons. The van der Waals surface area contributed by atoms with Crippen LogP contribution in [0.4, 0.5) is 0 Å². The lowest BCUT2D eigenvalue weighted by Crippen LogP contribution is -2.47. The second kappa shape index (κ2) is 5.87. The van der Waals surface area contributed by atoms with E-state index in [1.165, 1.54) is 49.0 Å². The molecule has 1 aromatic carbocycles. The maximum absolute atomic E-state index is 5.03. The van der Waals surface area contributed by atoms with E-state index in [1.54, 1.807) is 0 Å². The van der Waals surface area contributed by atoms with Crippen LogP contribution in [0.2, 0.25) is 0 Å². The zero-order valence-corrected chi connectivity index (χ0v) is 15.6. The fraction of sp³-hybridized carbons (Fsp3) is 0.667. The lowest BCUT2D eigenvalue weighted by atomic mass is 9.84. The minimum Gasteiger partial charge on any atom is -0.341 e. The Balaban J connectivity index is 1.73. The monoisotopic (exact) mass is 325 g/mol. The van der Waals surface area contributed by atoms with Crippen molar-refractivity contribution < 1.29 is 0 Å². The number of likely N-dealkylation sites (tertiary alicyclic amines) is 1. The molecule has 0 spiro atoms. The molecule has 2 aliphatic rings. The number of fused-ring (bicyclic) bond motifs is 2. The average Bonchev–Trinajstić information content (AvgIpc) is 3.14. The number of aromatic nitrogens is 2. The molecular formula is C21H31N3. The van der Waals surface area contributed by atoms with Crippen LogP contribution in [0.3, 0.4) is 0 Å². The van der Waals surface area contributed by atoms with Gasteiger partial charge in [0.05, 0.1) is 17.1 Å². The first kappa shape index (κ1) is 16.1. The number of benzene rings is 1. The molecule has 4 rings (SSSR count). The number of hydrogen-bond donors (Lipinski definition) is 1. The smallest absolute Gasteiger partial charge is 0.124 e. The molecule has 0 bridgehead atoms. The summed E-state index contributed by atoms with van der Waals surface area (Å²) in [5.74, 6) is 2.03. The Morgan fingerprint density at radius 2 is 2.00 bits per heavy atom. The van der Waals surface area contributed by atoms with Gasteiger partial charge in [-0.15, -0.1) is 0 Å². The van der Waals surface area contributed by atoms with E-state index in [0.717, 1.165) is 23.9 Å². The Kier molecular flexibility index (Phi) is 3.95. The Bertz CT molecular complexity index is 724. The van der Waals surface area contributed by atoms with Crippen LogP contribution in [0.1, 0.15) is 77.2 Å². The highest BCUT2D eigenvalue weighted by Gasteiger charge is 2.47. The minimum atomic E-state index is 0.189. The van der Waals surface area contributed by atoms with Crippen molar-refractivity contribution in [3.8, 4) is 0 Å². The van der Waals surface area contributed by atoms with E-state index in [2.05, 4.69) is 55.8 Å². The fourth-order valence-electron chi connectivity index (χ4n) is 5.12. The molecule has 0 unspecified atom stereocenters. The van der Waals surface area contributed by atoms with E-state index in [4.69, 9.17) is 4.98 Å². The second-order valence-corrected chi connectivity index (χ2v) is 8.77. The van der Waals surface area contributed by atoms with Crippen LogP contribution in [0.25, 0.3) is 11.0 Å². The van der Waals surface area contributed by atoms with Crippen molar-refractivity contribution >= 4 is 11.0 Å². The number of rotatable bonds is 2. The van der Waals surface area contributed by atoms with Crippen LogP contribution in [-0.4, -0.2) is 26.4 Å². The maximum Gasteiger partial charge on any atom is 0.124 e. The molecule has 1 saturated carbocycles. The molecule has 1 aliphatic carbocycles. The van der Waals surface area contributed by atoms with E-state index in [1.807, 2.05) is 0 Å².